The first kappa shape index (κ1) is 10.7. The van der Waals surface area contributed by atoms with Crippen molar-refractivity contribution in [2.75, 3.05) is 6.79 Å². The van der Waals surface area contributed by atoms with Crippen LogP contribution in [-0.2, 0) is 14.3 Å². The van der Waals surface area contributed by atoms with Crippen molar-refractivity contribution >= 4 is 12.1 Å². The first-order valence-corrected chi connectivity index (χ1v) is 3.37. The van der Waals surface area contributed by atoms with Crippen LogP contribution < -0.4 is 0 Å². The number of carbonyl (C=O) groups excluding carboxylic acids is 1. The van der Waals surface area contributed by atoms with E-state index in [4.69, 9.17) is 5.11 Å². The van der Waals surface area contributed by atoms with Crippen molar-refractivity contribution in [3.8, 4) is 0 Å². The Balaban J connectivity index is 3.66. The zero-order valence-corrected chi connectivity index (χ0v) is 7.29. The highest BCUT2D eigenvalue weighted by Gasteiger charge is 2.23. The summed E-state index contributed by atoms with van der Waals surface area (Å²) >= 11 is 0. The molecule has 0 radical (unpaired) electrons. The zero-order valence-electron chi connectivity index (χ0n) is 7.29. The third-order valence-corrected chi connectivity index (χ3v) is 0.985. The smallest absolute Gasteiger partial charge is 0.450 e. The highest BCUT2D eigenvalue weighted by molar-refractivity contribution is 5.75. The van der Waals surface area contributed by atoms with Gasteiger partial charge in [-0.2, -0.15) is 0 Å². The van der Waals surface area contributed by atoms with Gasteiger partial charge in [0.1, 0.15) is 0 Å². The molecule has 5 nitrogen and oxygen atoms in total. The molecule has 0 aliphatic heterocycles. The van der Waals surface area contributed by atoms with E-state index in [1.807, 2.05) is 0 Å². The van der Waals surface area contributed by atoms with Crippen molar-refractivity contribution < 1.29 is 24.2 Å². The minimum atomic E-state index is -1.46. The lowest BCUT2D eigenvalue weighted by Crippen LogP contribution is -2.24. The molecule has 0 atom stereocenters. The van der Waals surface area contributed by atoms with Crippen LogP contribution in [-0.4, -0.2) is 24.0 Å². The van der Waals surface area contributed by atoms with Crippen molar-refractivity contribution in [2.45, 2.75) is 20.8 Å². The third kappa shape index (κ3) is 4.54. The predicted octanol–water partition coefficient (Wildman–Crippen LogP) is 1.23. The summed E-state index contributed by atoms with van der Waals surface area (Å²) in [5, 5.41) is 8.02. The van der Waals surface area contributed by atoms with E-state index in [9.17, 15) is 9.59 Å². The number of esters is 1. The van der Waals surface area contributed by atoms with Gasteiger partial charge in [-0.1, -0.05) is 0 Å². The molecule has 0 bridgehead atoms. The van der Waals surface area contributed by atoms with Crippen molar-refractivity contribution in [3.63, 3.8) is 0 Å². The van der Waals surface area contributed by atoms with Gasteiger partial charge in [0.2, 0.25) is 6.79 Å². The van der Waals surface area contributed by atoms with Crippen molar-refractivity contribution in [1.82, 2.24) is 0 Å². The fourth-order valence-electron chi connectivity index (χ4n) is 0.350. The van der Waals surface area contributed by atoms with Gasteiger partial charge in [0.25, 0.3) is 0 Å². The lowest BCUT2D eigenvalue weighted by molar-refractivity contribution is -0.162. The monoisotopic (exact) mass is 176 g/mol. The molecule has 0 unspecified atom stereocenters. The van der Waals surface area contributed by atoms with Crippen molar-refractivity contribution in [2.24, 2.45) is 5.41 Å². The van der Waals surface area contributed by atoms with E-state index in [-0.39, 0.29) is 0 Å². The van der Waals surface area contributed by atoms with Gasteiger partial charge >= 0.3 is 12.1 Å². The number of hydrogen-bond acceptors (Lipinski definition) is 4. The molecule has 5 heteroatoms. The third-order valence-electron chi connectivity index (χ3n) is 0.985. The van der Waals surface area contributed by atoms with Crippen LogP contribution in [0, 0.1) is 5.41 Å². The fourth-order valence-corrected chi connectivity index (χ4v) is 0.350. The minimum absolute atomic E-state index is 0.497. The van der Waals surface area contributed by atoms with Gasteiger partial charge in [-0.15, -0.1) is 0 Å². The largest absolute Gasteiger partial charge is 0.508 e. The maximum atomic E-state index is 11.0. The first-order valence-electron chi connectivity index (χ1n) is 3.37. The molecule has 0 aliphatic rings. The highest BCUT2D eigenvalue weighted by atomic mass is 16.7. The van der Waals surface area contributed by atoms with Crippen LogP contribution in [0.1, 0.15) is 20.8 Å². The molecular formula is C7H12O5. The predicted molar refractivity (Wildman–Crippen MR) is 39.5 cm³/mol. The van der Waals surface area contributed by atoms with Crippen LogP contribution in [0.3, 0.4) is 0 Å². The van der Waals surface area contributed by atoms with E-state index in [1.54, 1.807) is 20.8 Å². The Morgan fingerprint density at radius 1 is 1.25 bits per heavy atom. The normalized spacial score (nSPS) is 10.6. The molecule has 0 heterocycles. The molecule has 0 rings (SSSR count). The molecule has 0 saturated carbocycles. The summed E-state index contributed by atoms with van der Waals surface area (Å²) in [5.74, 6) is -0.497. The Morgan fingerprint density at radius 2 is 1.75 bits per heavy atom. The summed E-state index contributed by atoms with van der Waals surface area (Å²) in [6, 6.07) is 0. The van der Waals surface area contributed by atoms with Gasteiger partial charge in [0, 0.05) is 0 Å². The van der Waals surface area contributed by atoms with Crippen molar-refractivity contribution in [3.05, 3.63) is 0 Å². The van der Waals surface area contributed by atoms with Crippen LogP contribution in [0.15, 0.2) is 0 Å². The van der Waals surface area contributed by atoms with Gasteiger partial charge in [0.05, 0.1) is 5.41 Å². The molecule has 0 aromatic heterocycles. The molecule has 1 N–H and O–H groups in total. The van der Waals surface area contributed by atoms with E-state index in [1.165, 1.54) is 0 Å². The Morgan fingerprint density at radius 3 is 2.08 bits per heavy atom. The fraction of sp³-hybridized carbons (Fsp3) is 0.714. The summed E-state index contributed by atoms with van der Waals surface area (Å²) in [5.41, 5.74) is -0.637. The van der Waals surface area contributed by atoms with E-state index in [0.717, 1.165) is 0 Å². The number of carbonyl (C=O) groups is 2. The summed E-state index contributed by atoms with van der Waals surface area (Å²) < 4.78 is 8.46. The number of hydrogen-bond donors (Lipinski definition) is 1. The second-order valence-electron chi connectivity index (χ2n) is 3.21. The van der Waals surface area contributed by atoms with Crippen LogP contribution in [0.4, 0.5) is 4.79 Å². The summed E-state index contributed by atoms with van der Waals surface area (Å²) in [4.78, 5) is 20.8. The molecule has 0 aromatic rings. The Kier molecular flexibility index (Phi) is 3.53. The average molecular weight is 176 g/mol. The number of ether oxygens (including phenoxy) is 2. The maximum absolute atomic E-state index is 11.0. The summed E-state index contributed by atoms with van der Waals surface area (Å²) in [7, 11) is 0. The van der Waals surface area contributed by atoms with Gasteiger partial charge in [-0.3, -0.25) is 4.79 Å². The van der Waals surface area contributed by atoms with Gasteiger partial charge in [-0.05, 0) is 20.8 Å². The first-order chi connectivity index (χ1) is 5.34. The molecule has 0 amide bonds. The van der Waals surface area contributed by atoms with Crippen LogP contribution in [0.2, 0.25) is 0 Å². The molecule has 0 spiro atoms. The molecule has 70 valence electrons. The summed E-state index contributed by atoms with van der Waals surface area (Å²) in [6.45, 7) is 4.44. The van der Waals surface area contributed by atoms with E-state index >= 15 is 0 Å². The lowest BCUT2D eigenvalue weighted by atomic mass is 9.98. The maximum Gasteiger partial charge on any atom is 0.508 e. The van der Waals surface area contributed by atoms with Crippen LogP contribution in [0.5, 0.6) is 0 Å². The molecule has 12 heavy (non-hydrogen) atoms. The quantitative estimate of drug-likeness (QED) is 0.506. The Labute approximate surface area is 70.3 Å². The van der Waals surface area contributed by atoms with Crippen molar-refractivity contribution in [1.29, 1.82) is 0 Å². The number of rotatable bonds is 2. The molecule has 0 fully saturated rings. The lowest BCUT2D eigenvalue weighted by Gasteiger charge is -2.15. The highest BCUT2D eigenvalue weighted by Crippen LogP contribution is 2.14. The molecule has 0 aromatic carbocycles. The van der Waals surface area contributed by atoms with Gasteiger partial charge in [-0.25, -0.2) is 4.79 Å². The standard InChI is InChI=1S/C7H12O5/c1-7(2,3)5(8)11-4-12-6(9)10/h4H2,1-3H3,(H,9,10). The Bertz CT molecular complexity index is 179. The number of carboxylic acid groups (broad SMARTS) is 1. The second kappa shape index (κ2) is 3.94. The van der Waals surface area contributed by atoms with Crippen LogP contribution in [0.25, 0.3) is 0 Å². The average Bonchev–Trinajstić information content (AvgIpc) is 1.84. The molecule has 0 saturated heterocycles. The zero-order chi connectivity index (χ0) is 9.78. The Hall–Kier alpha value is -1.26. The molecular weight excluding hydrogens is 164 g/mol. The SMILES string of the molecule is CC(C)(C)C(=O)OCOC(=O)O. The van der Waals surface area contributed by atoms with Gasteiger partial charge < -0.3 is 14.6 Å². The van der Waals surface area contributed by atoms with E-state index < -0.39 is 24.3 Å². The van der Waals surface area contributed by atoms with E-state index in [0.29, 0.717) is 0 Å². The topological polar surface area (TPSA) is 72.8 Å². The van der Waals surface area contributed by atoms with Gasteiger partial charge in [0.15, 0.2) is 0 Å². The van der Waals surface area contributed by atoms with E-state index in [2.05, 4.69) is 9.47 Å². The molecule has 0 aliphatic carbocycles. The second-order valence-corrected chi connectivity index (χ2v) is 3.21. The minimum Gasteiger partial charge on any atom is -0.450 e. The van der Waals surface area contributed by atoms with Crippen LogP contribution >= 0.6 is 0 Å². The summed E-state index contributed by atoms with van der Waals surface area (Å²) in [6.07, 6.45) is -1.46.